The molecule has 0 radical (unpaired) electrons. The van der Waals surface area contributed by atoms with E-state index < -0.39 is 5.91 Å². The van der Waals surface area contributed by atoms with Crippen molar-refractivity contribution in [1.82, 2.24) is 9.58 Å². The molecule has 0 saturated carbocycles. The van der Waals surface area contributed by atoms with E-state index in [1.165, 1.54) is 16.8 Å². The highest BCUT2D eigenvalue weighted by molar-refractivity contribution is 8.27. The SMILES string of the molecule is Cc1c(/C=C2/C(=N)N3N=C(COc4ccccc4)SC3=NC2=O)c2ccccc2n1CCOc1ccccc1. The Balaban J connectivity index is 1.26. The molecule has 8 nitrogen and oxygen atoms in total. The summed E-state index contributed by atoms with van der Waals surface area (Å²) in [5.74, 6) is 1.08. The van der Waals surface area contributed by atoms with E-state index in [-0.39, 0.29) is 18.0 Å². The average molecular weight is 536 g/mol. The number of aromatic nitrogens is 1. The van der Waals surface area contributed by atoms with Crippen LogP contribution >= 0.6 is 11.8 Å². The predicted molar refractivity (Wildman–Crippen MR) is 156 cm³/mol. The lowest BCUT2D eigenvalue weighted by Gasteiger charge is -2.20. The number of benzene rings is 3. The highest BCUT2D eigenvalue weighted by atomic mass is 32.2. The summed E-state index contributed by atoms with van der Waals surface area (Å²) in [4.78, 5) is 17.3. The van der Waals surface area contributed by atoms with Gasteiger partial charge in [0.05, 0.1) is 12.1 Å². The molecule has 0 unspecified atom stereocenters. The molecule has 3 heterocycles. The standard InChI is InChI=1S/C30H25N5O3S/c1-20-24(23-14-8-9-15-26(23)34(20)16-17-37-21-10-4-2-5-11-21)18-25-28(31)35-30(32-29(25)36)39-27(33-35)19-38-22-12-6-3-7-13-22/h2-15,18,31H,16-17,19H2,1H3/b25-18-,31-28?. The minimum absolute atomic E-state index is 0.00384. The quantitative estimate of drug-likeness (QED) is 0.291. The number of ether oxygens (including phenoxy) is 2. The number of hydrogen-bond acceptors (Lipinski definition) is 6. The van der Waals surface area contributed by atoms with Crippen molar-refractivity contribution in [3.63, 3.8) is 0 Å². The van der Waals surface area contributed by atoms with E-state index >= 15 is 0 Å². The van der Waals surface area contributed by atoms with E-state index in [4.69, 9.17) is 14.9 Å². The lowest BCUT2D eigenvalue weighted by Crippen LogP contribution is -2.35. The maximum atomic E-state index is 13.1. The summed E-state index contributed by atoms with van der Waals surface area (Å²) in [7, 11) is 0. The number of hydrazone groups is 1. The summed E-state index contributed by atoms with van der Waals surface area (Å²) < 4.78 is 13.9. The Kier molecular flexibility index (Phi) is 6.73. The number of nitrogens with zero attached hydrogens (tertiary/aromatic N) is 4. The number of nitrogens with one attached hydrogen (secondary N) is 1. The van der Waals surface area contributed by atoms with Gasteiger partial charge in [-0.1, -0.05) is 54.6 Å². The maximum Gasteiger partial charge on any atom is 0.283 e. The fourth-order valence-corrected chi connectivity index (χ4v) is 5.39. The Morgan fingerprint density at radius 1 is 0.923 bits per heavy atom. The van der Waals surface area contributed by atoms with Gasteiger partial charge in [0, 0.05) is 22.2 Å². The molecule has 3 aromatic carbocycles. The fourth-order valence-electron chi connectivity index (χ4n) is 4.60. The largest absolute Gasteiger partial charge is 0.492 e. The normalized spacial score (nSPS) is 15.9. The van der Waals surface area contributed by atoms with E-state index in [0.29, 0.717) is 23.4 Å². The molecule has 2 aliphatic rings. The number of carbonyl (C=O) groups is 1. The second kappa shape index (κ2) is 10.6. The van der Waals surface area contributed by atoms with Gasteiger partial charge in [-0.05, 0) is 55.1 Å². The van der Waals surface area contributed by atoms with Crippen molar-refractivity contribution in [2.45, 2.75) is 13.5 Å². The number of hydrogen-bond donors (Lipinski definition) is 1. The first-order valence-corrected chi connectivity index (χ1v) is 13.3. The molecule has 1 N–H and O–H groups in total. The highest BCUT2D eigenvalue weighted by Crippen LogP contribution is 2.32. The maximum absolute atomic E-state index is 13.1. The summed E-state index contributed by atoms with van der Waals surface area (Å²) in [5, 5.41) is 16.7. The van der Waals surface area contributed by atoms with Crippen LogP contribution in [-0.2, 0) is 11.3 Å². The van der Waals surface area contributed by atoms with E-state index in [2.05, 4.69) is 20.7 Å². The minimum Gasteiger partial charge on any atom is -0.492 e. The lowest BCUT2D eigenvalue weighted by molar-refractivity contribution is -0.114. The number of fused-ring (bicyclic) bond motifs is 2. The van der Waals surface area contributed by atoms with Crippen LogP contribution in [0.5, 0.6) is 11.5 Å². The first kappa shape index (κ1) is 24.7. The highest BCUT2D eigenvalue weighted by Gasteiger charge is 2.36. The molecule has 0 bridgehead atoms. The zero-order chi connectivity index (χ0) is 26.8. The Morgan fingerprint density at radius 3 is 2.33 bits per heavy atom. The van der Waals surface area contributed by atoms with Crippen LogP contribution < -0.4 is 9.47 Å². The lowest BCUT2D eigenvalue weighted by atomic mass is 10.1. The smallest absolute Gasteiger partial charge is 0.283 e. The van der Waals surface area contributed by atoms with Gasteiger partial charge < -0.3 is 14.0 Å². The number of rotatable bonds is 8. The molecule has 1 amide bonds. The molecule has 9 heteroatoms. The van der Waals surface area contributed by atoms with Gasteiger partial charge in [0.1, 0.15) is 29.8 Å². The molecule has 6 rings (SSSR count). The molecule has 1 aromatic heterocycles. The van der Waals surface area contributed by atoms with Crippen molar-refractivity contribution in [3.05, 3.63) is 102 Å². The molecular formula is C30H25N5O3S. The predicted octanol–water partition coefficient (Wildman–Crippen LogP) is 5.73. The van der Waals surface area contributed by atoms with Gasteiger partial charge in [-0.2, -0.15) is 15.1 Å². The number of amides is 1. The fraction of sp³-hybridized carbons (Fsp3) is 0.133. The van der Waals surface area contributed by atoms with Crippen LogP contribution in [0.4, 0.5) is 0 Å². The van der Waals surface area contributed by atoms with Crippen LogP contribution in [0.1, 0.15) is 11.3 Å². The van der Waals surface area contributed by atoms with Crippen LogP contribution in [0.3, 0.4) is 0 Å². The summed E-state index contributed by atoms with van der Waals surface area (Å²) in [6.07, 6.45) is 1.76. The second-order valence-corrected chi connectivity index (χ2v) is 9.99. The van der Waals surface area contributed by atoms with Gasteiger partial charge in [0.2, 0.25) is 5.17 Å². The molecule has 0 atom stereocenters. The number of aliphatic imine (C=N–C) groups is 1. The Hall–Kier alpha value is -4.63. The van der Waals surface area contributed by atoms with E-state index in [0.717, 1.165) is 33.7 Å². The zero-order valence-electron chi connectivity index (χ0n) is 21.2. The number of thioether (sulfide) groups is 1. The monoisotopic (exact) mass is 535 g/mol. The number of para-hydroxylation sites is 3. The molecule has 39 heavy (non-hydrogen) atoms. The van der Waals surface area contributed by atoms with E-state index in [1.807, 2.05) is 85.8 Å². The third kappa shape index (κ3) is 4.96. The number of carbonyl (C=O) groups excluding carboxylic acids is 1. The van der Waals surface area contributed by atoms with Crippen LogP contribution in [0.25, 0.3) is 17.0 Å². The molecule has 4 aromatic rings. The zero-order valence-corrected chi connectivity index (χ0v) is 22.0. The van der Waals surface area contributed by atoms with Crippen molar-refractivity contribution >= 4 is 50.7 Å². The number of amidine groups is 2. The van der Waals surface area contributed by atoms with Crippen molar-refractivity contribution < 1.29 is 14.3 Å². The topological polar surface area (TPSA) is 92.3 Å². The minimum atomic E-state index is -0.456. The molecule has 2 aliphatic heterocycles. The van der Waals surface area contributed by atoms with Gasteiger partial charge >= 0.3 is 0 Å². The van der Waals surface area contributed by atoms with Crippen molar-refractivity contribution in [1.29, 1.82) is 5.41 Å². The molecule has 194 valence electrons. The third-order valence-electron chi connectivity index (χ3n) is 6.50. The summed E-state index contributed by atoms with van der Waals surface area (Å²) in [5.41, 5.74) is 3.08. The first-order valence-electron chi connectivity index (χ1n) is 12.5. The third-order valence-corrected chi connectivity index (χ3v) is 7.38. The van der Waals surface area contributed by atoms with Crippen LogP contribution in [-0.4, -0.2) is 44.7 Å². The molecule has 0 fully saturated rings. The molecule has 0 aliphatic carbocycles. The second-order valence-electron chi connectivity index (χ2n) is 8.94. The molecule has 0 saturated heterocycles. The van der Waals surface area contributed by atoms with Crippen molar-refractivity contribution in [2.75, 3.05) is 13.2 Å². The van der Waals surface area contributed by atoms with Gasteiger partial charge in [0.15, 0.2) is 5.84 Å². The van der Waals surface area contributed by atoms with Crippen LogP contribution in [0.2, 0.25) is 0 Å². The van der Waals surface area contributed by atoms with Crippen molar-refractivity contribution in [3.8, 4) is 11.5 Å². The Bertz CT molecular complexity index is 1660. The Morgan fingerprint density at radius 2 is 1.59 bits per heavy atom. The van der Waals surface area contributed by atoms with Gasteiger partial charge in [-0.3, -0.25) is 10.2 Å². The van der Waals surface area contributed by atoms with E-state index in [1.54, 1.807) is 6.08 Å². The average Bonchev–Trinajstić information content (AvgIpc) is 3.49. The summed E-state index contributed by atoms with van der Waals surface area (Å²) in [6.45, 7) is 3.37. The van der Waals surface area contributed by atoms with Gasteiger partial charge in [-0.25, -0.2) is 0 Å². The van der Waals surface area contributed by atoms with Crippen LogP contribution in [0.15, 0.2) is 101 Å². The van der Waals surface area contributed by atoms with E-state index in [9.17, 15) is 4.79 Å². The molecular weight excluding hydrogens is 510 g/mol. The molecule has 0 spiro atoms. The Labute approximate surface area is 229 Å². The van der Waals surface area contributed by atoms with Gasteiger partial charge in [-0.15, -0.1) is 0 Å². The summed E-state index contributed by atoms with van der Waals surface area (Å²) >= 11 is 1.24. The van der Waals surface area contributed by atoms with Crippen molar-refractivity contribution in [2.24, 2.45) is 10.1 Å². The van der Waals surface area contributed by atoms with Crippen LogP contribution in [0, 0.1) is 12.3 Å². The first-order chi connectivity index (χ1) is 19.1. The van der Waals surface area contributed by atoms with Gasteiger partial charge in [0.25, 0.3) is 5.91 Å². The summed E-state index contributed by atoms with van der Waals surface area (Å²) in [6, 6.07) is 27.2.